The SMILES string of the molecule is N=C(N)CCCCCOc1cc(Oc2ccc(C(=N)N)cc2)cc(C(=O)NC2CCC(N)CC2)c1. The fourth-order valence-corrected chi connectivity index (χ4v) is 4.00. The quantitative estimate of drug-likeness (QED) is 0.154. The van der Waals surface area contributed by atoms with Gasteiger partial charge in [0.1, 0.15) is 23.1 Å². The van der Waals surface area contributed by atoms with Crippen molar-refractivity contribution < 1.29 is 14.3 Å². The first kappa shape index (κ1) is 26.0. The van der Waals surface area contributed by atoms with Crippen LogP contribution in [0.15, 0.2) is 42.5 Å². The van der Waals surface area contributed by atoms with Gasteiger partial charge in [-0.2, -0.15) is 0 Å². The maximum atomic E-state index is 13.0. The lowest BCUT2D eigenvalue weighted by molar-refractivity contribution is 0.0925. The van der Waals surface area contributed by atoms with Crippen molar-refractivity contribution in [1.29, 1.82) is 10.8 Å². The van der Waals surface area contributed by atoms with E-state index in [2.05, 4.69) is 5.32 Å². The van der Waals surface area contributed by atoms with Crippen LogP contribution in [0.5, 0.6) is 17.2 Å². The number of rotatable bonds is 12. The summed E-state index contributed by atoms with van der Waals surface area (Å²) in [6.45, 7) is 0.482. The Hall–Kier alpha value is -3.59. The summed E-state index contributed by atoms with van der Waals surface area (Å²) in [6.07, 6.45) is 6.69. The maximum absolute atomic E-state index is 13.0. The van der Waals surface area contributed by atoms with Crippen molar-refractivity contribution in [3.05, 3.63) is 53.6 Å². The summed E-state index contributed by atoms with van der Waals surface area (Å²) in [4.78, 5) is 13.0. The van der Waals surface area contributed by atoms with Crippen molar-refractivity contribution in [2.75, 3.05) is 6.61 Å². The lowest BCUT2D eigenvalue weighted by Gasteiger charge is -2.26. The van der Waals surface area contributed by atoms with Crippen molar-refractivity contribution in [3.8, 4) is 17.2 Å². The Bertz CT molecular complexity index is 1020. The molecule has 0 aliphatic heterocycles. The molecule has 188 valence electrons. The summed E-state index contributed by atoms with van der Waals surface area (Å²) in [6, 6.07) is 12.4. The first-order valence-electron chi connectivity index (χ1n) is 12.1. The average Bonchev–Trinajstić information content (AvgIpc) is 2.83. The molecule has 3 rings (SSSR count). The minimum absolute atomic E-state index is 0.0159. The number of carbonyl (C=O) groups excluding carboxylic acids is 1. The highest BCUT2D eigenvalue weighted by molar-refractivity contribution is 5.95. The molecule has 2 aromatic rings. The third-order valence-electron chi connectivity index (χ3n) is 6.01. The highest BCUT2D eigenvalue weighted by Gasteiger charge is 2.21. The third-order valence-corrected chi connectivity index (χ3v) is 6.01. The van der Waals surface area contributed by atoms with Crippen LogP contribution in [-0.2, 0) is 0 Å². The smallest absolute Gasteiger partial charge is 0.251 e. The molecular formula is C26H36N6O3. The van der Waals surface area contributed by atoms with Gasteiger partial charge < -0.3 is 32.0 Å². The lowest BCUT2D eigenvalue weighted by atomic mass is 9.91. The monoisotopic (exact) mass is 480 g/mol. The number of amides is 1. The fraction of sp³-hybridized carbons (Fsp3) is 0.423. The Labute approximate surface area is 206 Å². The zero-order valence-electron chi connectivity index (χ0n) is 20.0. The molecule has 9 heteroatoms. The van der Waals surface area contributed by atoms with Crippen LogP contribution in [0.3, 0.4) is 0 Å². The van der Waals surface area contributed by atoms with E-state index in [1.165, 1.54) is 0 Å². The summed E-state index contributed by atoms with van der Waals surface area (Å²) in [5, 5.41) is 17.9. The molecule has 0 aromatic heterocycles. The van der Waals surface area contributed by atoms with Gasteiger partial charge in [-0.15, -0.1) is 0 Å². The minimum atomic E-state index is -0.172. The molecule has 9 N–H and O–H groups in total. The maximum Gasteiger partial charge on any atom is 0.251 e. The van der Waals surface area contributed by atoms with Crippen molar-refractivity contribution >= 4 is 17.6 Å². The van der Waals surface area contributed by atoms with Crippen LogP contribution in [0, 0.1) is 10.8 Å². The molecule has 2 aromatic carbocycles. The van der Waals surface area contributed by atoms with Gasteiger partial charge in [-0.05, 0) is 81.3 Å². The highest BCUT2D eigenvalue weighted by Crippen LogP contribution is 2.28. The predicted molar refractivity (Wildman–Crippen MR) is 138 cm³/mol. The first-order valence-corrected chi connectivity index (χ1v) is 12.1. The fourth-order valence-electron chi connectivity index (χ4n) is 4.00. The molecule has 1 aliphatic rings. The number of hydrogen-bond donors (Lipinski definition) is 6. The Morgan fingerprint density at radius 3 is 2.23 bits per heavy atom. The molecule has 1 aliphatic carbocycles. The number of carbonyl (C=O) groups is 1. The van der Waals surface area contributed by atoms with Crippen LogP contribution in [0.1, 0.15) is 67.3 Å². The molecule has 0 spiro atoms. The molecule has 0 atom stereocenters. The number of hydrogen-bond acceptors (Lipinski definition) is 6. The van der Waals surface area contributed by atoms with Crippen molar-refractivity contribution in [2.45, 2.75) is 63.5 Å². The van der Waals surface area contributed by atoms with Crippen LogP contribution in [0.25, 0.3) is 0 Å². The molecule has 35 heavy (non-hydrogen) atoms. The van der Waals surface area contributed by atoms with Crippen LogP contribution in [-0.4, -0.2) is 36.3 Å². The molecule has 1 fully saturated rings. The molecule has 1 amide bonds. The summed E-state index contributed by atoms with van der Waals surface area (Å²) in [7, 11) is 0. The van der Waals surface area contributed by atoms with Crippen molar-refractivity contribution in [2.24, 2.45) is 17.2 Å². The topological polar surface area (TPSA) is 173 Å². The van der Waals surface area contributed by atoms with E-state index < -0.39 is 0 Å². The van der Waals surface area contributed by atoms with E-state index in [-0.39, 0.29) is 29.7 Å². The second-order valence-electron chi connectivity index (χ2n) is 9.00. The second-order valence-corrected chi connectivity index (χ2v) is 9.00. The predicted octanol–water partition coefficient (Wildman–Crippen LogP) is 3.64. The van der Waals surface area contributed by atoms with Crippen molar-refractivity contribution in [3.63, 3.8) is 0 Å². The molecule has 0 bridgehead atoms. The van der Waals surface area contributed by atoms with Gasteiger partial charge in [0.25, 0.3) is 5.91 Å². The first-order chi connectivity index (χ1) is 16.8. The number of benzene rings is 2. The summed E-state index contributed by atoms with van der Waals surface area (Å²) in [5.41, 5.74) is 18.0. The largest absolute Gasteiger partial charge is 0.493 e. The Morgan fingerprint density at radius 2 is 1.57 bits per heavy atom. The Balaban J connectivity index is 1.69. The number of nitrogen functional groups attached to an aromatic ring is 1. The summed E-state index contributed by atoms with van der Waals surface area (Å²) in [5.74, 6) is 1.59. The number of nitrogens with two attached hydrogens (primary N) is 3. The van der Waals surface area contributed by atoms with E-state index in [1.807, 2.05) is 0 Å². The van der Waals surface area contributed by atoms with Crippen LogP contribution in [0.4, 0.5) is 0 Å². The standard InChI is InChI=1S/C26H36N6O3/c27-19-7-9-20(10-8-19)32-26(33)18-14-22(34-13-3-1-2-4-24(28)29)16-23(15-18)35-21-11-5-17(6-12-21)25(30)31/h5-6,11-12,14-16,19-20H,1-4,7-10,13,27H2,(H3,28,29)(H3,30,31)(H,32,33). The van der Waals surface area contributed by atoms with E-state index >= 15 is 0 Å². The van der Waals surface area contributed by atoms with Gasteiger partial charge in [0.15, 0.2) is 0 Å². The highest BCUT2D eigenvalue weighted by atomic mass is 16.5. The molecule has 0 heterocycles. The third kappa shape index (κ3) is 8.60. The molecule has 9 nitrogen and oxygen atoms in total. The van der Waals surface area contributed by atoms with Gasteiger partial charge in [0.05, 0.1) is 12.4 Å². The van der Waals surface area contributed by atoms with Crippen LogP contribution < -0.4 is 32.0 Å². The van der Waals surface area contributed by atoms with Gasteiger partial charge in [-0.25, -0.2) is 0 Å². The normalized spacial score (nSPS) is 17.4. The Kier molecular flexibility index (Phi) is 9.48. The molecule has 1 saturated carbocycles. The average molecular weight is 481 g/mol. The Morgan fingerprint density at radius 1 is 0.886 bits per heavy atom. The zero-order chi connectivity index (χ0) is 25.2. The number of amidine groups is 2. The minimum Gasteiger partial charge on any atom is -0.493 e. The molecule has 0 saturated heterocycles. The van der Waals surface area contributed by atoms with E-state index in [1.54, 1.807) is 42.5 Å². The molecular weight excluding hydrogens is 444 g/mol. The summed E-state index contributed by atoms with van der Waals surface area (Å²) < 4.78 is 11.9. The van der Waals surface area contributed by atoms with E-state index in [0.717, 1.165) is 44.9 Å². The summed E-state index contributed by atoms with van der Waals surface area (Å²) >= 11 is 0. The number of unbranched alkanes of at least 4 members (excludes halogenated alkanes) is 2. The van der Waals surface area contributed by atoms with Crippen molar-refractivity contribution in [1.82, 2.24) is 5.32 Å². The van der Waals surface area contributed by atoms with Gasteiger partial charge in [0.2, 0.25) is 0 Å². The number of ether oxygens (including phenoxy) is 2. The number of nitrogens with one attached hydrogen (secondary N) is 3. The van der Waals surface area contributed by atoms with Gasteiger partial charge in [-0.3, -0.25) is 15.6 Å². The molecule has 0 radical (unpaired) electrons. The van der Waals surface area contributed by atoms with E-state index in [4.69, 9.17) is 37.5 Å². The molecule has 0 unspecified atom stereocenters. The lowest BCUT2D eigenvalue weighted by Crippen LogP contribution is -2.40. The zero-order valence-corrected chi connectivity index (χ0v) is 20.0. The van der Waals surface area contributed by atoms with Crippen LogP contribution in [0.2, 0.25) is 0 Å². The van der Waals surface area contributed by atoms with E-state index in [0.29, 0.717) is 41.4 Å². The van der Waals surface area contributed by atoms with Gasteiger partial charge >= 0.3 is 0 Å². The second kappa shape index (κ2) is 12.8. The van der Waals surface area contributed by atoms with E-state index in [9.17, 15) is 4.79 Å². The van der Waals surface area contributed by atoms with Gasteiger partial charge in [-0.1, -0.05) is 0 Å². The van der Waals surface area contributed by atoms with Gasteiger partial charge in [0, 0.05) is 35.7 Å². The van der Waals surface area contributed by atoms with Crippen LogP contribution >= 0.6 is 0 Å².